The van der Waals surface area contributed by atoms with E-state index in [0.717, 1.165) is 5.52 Å². The van der Waals surface area contributed by atoms with Crippen molar-refractivity contribution in [2.75, 3.05) is 0 Å². The third-order valence-electron chi connectivity index (χ3n) is 2.15. The summed E-state index contributed by atoms with van der Waals surface area (Å²) in [5, 5.41) is 0.499. The van der Waals surface area contributed by atoms with Crippen LogP contribution in [0.2, 0.25) is 5.02 Å². The van der Waals surface area contributed by atoms with Crippen LogP contribution in [0.25, 0.3) is 11.2 Å². The number of imidazole rings is 1. The highest BCUT2D eigenvalue weighted by molar-refractivity contribution is 9.10. The second kappa shape index (κ2) is 3.10. The Morgan fingerprint density at radius 3 is 2.71 bits per heavy atom. The lowest BCUT2D eigenvalue weighted by Crippen LogP contribution is -2.19. The number of nitrogens with zero attached hydrogens (tertiary/aromatic N) is 3. The lowest BCUT2D eigenvalue weighted by molar-refractivity contribution is 0.791. The molecule has 0 aliphatic carbocycles. The Kier molecular flexibility index (Phi) is 2.16. The highest BCUT2D eigenvalue weighted by Gasteiger charge is 2.11. The molecule has 0 saturated carbocycles. The van der Waals surface area contributed by atoms with Crippen LogP contribution >= 0.6 is 27.5 Å². The van der Waals surface area contributed by atoms with Gasteiger partial charge in [0.2, 0.25) is 0 Å². The van der Waals surface area contributed by atoms with Gasteiger partial charge in [-0.2, -0.15) is 0 Å². The van der Waals surface area contributed by atoms with Crippen LogP contribution < -0.4 is 5.69 Å². The van der Waals surface area contributed by atoms with E-state index in [1.54, 1.807) is 20.2 Å². The van der Waals surface area contributed by atoms with Crippen LogP contribution in [-0.2, 0) is 14.1 Å². The van der Waals surface area contributed by atoms with E-state index < -0.39 is 0 Å². The van der Waals surface area contributed by atoms with Crippen LogP contribution in [0.1, 0.15) is 0 Å². The van der Waals surface area contributed by atoms with Gasteiger partial charge in [-0.3, -0.25) is 9.13 Å². The number of rotatable bonds is 0. The molecule has 0 saturated heterocycles. The fourth-order valence-corrected chi connectivity index (χ4v) is 1.79. The molecule has 2 aromatic rings. The molecule has 0 N–H and O–H groups in total. The summed E-state index contributed by atoms with van der Waals surface area (Å²) >= 11 is 9.10. The van der Waals surface area contributed by atoms with E-state index in [1.165, 1.54) is 9.13 Å². The van der Waals surface area contributed by atoms with E-state index in [1.807, 2.05) is 0 Å². The molecule has 0 aliphatic rings. The zero-order valence-corrected chi connectivity index (χ0v) is 9.93. The fraction of sp³-hybridized carbons (Fsp3) is 0.250. The molecule has 2 rings (SSSR count). The first-order valence-corrected chi connectivity index (χ1v) is 5.07. The summed E-state index contributed by atoms with van der Waals surface area (Å²) in [6.07, 6.45) is 0. The standard InChI is InChI=1S/C8H7BrClN3O/c1-12-5-3-4(10)6(9)11-7(5)13(2)8(12)14/h3H,1-2H3. The maximum absolute atomic E-state index is 11.5. The van der Waals surface area contributed by atoms with Gasteiger partial charge in [-0.05, 0) is 22.0 Å². The van der Waals surface area contributed by atoms with E-state index in [2.05, 4.69) is 20.9 Å². The lowest BCUT2D eigenvalue weighted by Gasteiger charge is -1.97. The molecule has 0 fully saturated rings. The molecule has 0 unspecified atom stereocenters. The number of halogens is 2. The first-order chi connectivity index (χ1) is 6.52. The maximum Gasteiger partial charge on any atom is 0.329 e. The summed E-state index contributed by atoms with van der Waals surface area (Å²) in [6.45, 7) is 0. The summed E-state index contributed by atoms with van der Waals surface area (Å²) in [7, 11) is 3.37. The highest BCUT2D eigenvalue weighted by Crippen LogP contribution is 2.23. The molecule has 2 aromatic heterocycles. The molecule has 6 heteroatoms. The average molecular weight is 277 g/mol. The minimum Gasteiger partial charge on any atom is -0.293 e. The predicted octanol–water partition coefficient (Wildman–Crippen LogP) is 1.69. The van der Waals surface area contributed by atoms with Gasteiger partial charge < -0.3 is 0 Å². The van der Waals surface area contributed by atoms with Crippen molar-refractivity contribution >= 4 is 38.7 Å². The van der Waals surface area contributed by atoms with Crippen LogP contribution in [0.5, 0.6) is 0 Å². The Morgan fingerprint density at radius 2 is 2.07 bits per heavy atom. The zero-order valence-electron chi connectivity index (χ0n) is 7.58. The third-order valence-corrected chi connectivity index (χ3v) is 3.27. The van der Waals surface area contributed by atoms with Gasteiger partial charge in [0.1, 0.15) is 4.60 Å². The fourth-order valence-electron chi connectivity index (χ4n) is 1.36. The monoisotopic (exact) mass is 275 g/mol. The van der Waals surface area contributed by atoms with Crippen molar-refractivity contribution in [2.24, 2.45) is 14.1 Å². The number of hydrogen-bond acceptors (Lipinski definition) is 2. The van der Waals surface area contributed by atoms with E-state index in [0.29, 0.717) is 15.3 Å². The Balaban J connectivity index is 3.04. The minimum atomic E-state index is -0.110. The normalized spacial score (nSPS) is 11.1. The summed E-state index contributed by atoms with van der Waals surface area (Å²) in [5.74, 6) is 0. The maximum atomic E-state index is 11.5. The molecule has 14 heavy (non-hydrogen) atoms. The van der Waals surface area contributed by atoms with Gasteiger partial charge in [-0.15, -0.1) is 0 Å². The van der Waals surface area contributed by atoms with Crippen molar-refractivity contribution in [3.8, 4) is 0 Å². The van der Waals surface area contributed by atoms with Crippen molar-refractivity contribution in [1.29, 1.82) is 0 Å². The molecule has 74 valence electrons. The number of aryl methyl sites for hydroxylation is 2. The zero-order chi connectivity index (χ0) is 10.5. The topological polar surface area (TPSA) is 39.8 Å². The molecule has 0 spiro atoms. The smallest absolute Gasteiger partial charge is 0.293 e. The molecule has 0 amide bonds. The van der Waals surface area contributed by atoms with Gasteiger partial charge in [-0.1, -0.05) is 11.6 Å². The Labute approximate surface area is 93.2 Å². The van der Waals surface area contributed by atoms with E-state index in [9.17, 15) is 4.79 Å². The van der Waals surface area contributed by atoms with E-state index in [4.69, 9.17) is 11.6 Å². The number of pyridine rings is 1. The Hall–Kier alpha value is -0.810. The molecule has 0 aliphatic heterocycles. The van der Waals surface area contributed by atoms with Crippen LogP contribution in [0, 0.1) is 0 Å². The predicted molar refractivity (Wildman–Crippen MR) is 58.7 cm³/mol. The molecule has 0 aromatic carbocycles. The summed E-state index contributed by atoms with van der Waals surface area (Å²) in [5.41, 5.74) is 1.24. The van der Waals surface area contributed by atoms with Gasteiger partial charge in [-0.25, -0.2) is 9.78 Å². The Morgan fingerprint density at radius 1 is 1.43 bits per heavy atom. The van der Waals surface area contributed by atoms with Crippen molar-refractivity contribution in [3.63, 3.8) is 0 Å². The molecule has 0 atom stereocenters. The number of aromatic nitrogens is 3. The first-order valence-electron chi connectivity index (χ1n) is 3.90. The minimum absolute atomic E-state index is 0.110. The van der Waals surface area contributed by atoms with Crippen LogP contribution in [0.4, 0.5) is 0 Å². The molecule has 4 nitrogen and oxygen atoms in total. The quantitative estimate of drug-likeness (QED) is 0.687. The molecule has 0 bridgehead atoms. The van der Waals surface area contributed by atoms with Gasteiger partial charge in [0.05, 0.1) is 10.5 Å². The molecular formula is C8H7BrClN3O. The second-order valence-electron chi connectivity index (χ2n) is 3.00. The van der Waals surface area contributed by atoms with Crippen molar-refractivity contribution < 1.29 is 0 Å². The summed E-state index contributed by atoms with van der Waals surface area (Å²) in [4.78, 5) is 15.7. The van der Waals surface area contributed by atoms with Gasteiger partial charge in [0.25, 0.3) is 0 Å². The van der Waals surface area contributed by atoms with Crippen molar-refractivity contribution in [1.82, 2.24) is 14.1 Å². The highest BCUT2D eigenvalue weighted by atomic mass is 79.9. The van der Waals surface area contributed by atoms with Crippen molar-refractivity contribution in [3.05, 3.63) is 26.2 Å². The van der Waals surface area contributed by atoms with Crippen molar-refractivity contribution in [2.45, 2.75) is 0 Å². The number of fused-ring (bicyclic) bond motifs is 1. The average Bonchev–Trinajstić information content (AvgIpc) is 2.34. The SMILES string of the molecule is Cn1c(=O)n(C)c2nc(Br)c(Cl)cc21. The van der Waals surface area contributed by atoms with Gasteiger partial charge >= 0.3 is 5.69 Å². The summed E-state index contributed by atoms with van der Waals surface area (Å²) < 4.78 is 3.55. The van der Waals surface area contributed by atoms with Gasteiger partial charge in [0.15, 0.2) is 5.65 Å². The van der Waals surface area contributed by atoms with Crippen LogP contribution in [0.3, 0.4) is 0 Å². The van der Waals surface area contributed by atoms with E-state index in [-0.39, 0.29) is 5.69 Å². The first kappa shape index (κ1) is 9.73. The van der Waals surface area contributed by atoms with Crippen LogP contribution in [0.15, 0.2) is 15.5 Å². The largest absolute Gasteiger partial charge is 0.329 e. The third kappa shape index (κ3) is 1.19. The van der Waals surface area contributed by atoms with E-state index >= 15 is 0 Å². The molecule has 2 heterocycles. The lowest BCUT2D eigenvalue weighted by atomic mass is 10.4. The molecular weight excluding hydrogens is 269 g/mol. The number of hydrogen-bond donors (Lipinski definition) is 0. The molecule has 0 radical (unpaired) electrons. The van der Waals surface area contributed by atoms with Gasteiger partial charge in [0, 0.05) is 14.1 Å². The second-order valence-corrected chi connectivity index (χ2v) is 4.16. The Bertz CT molecular complexity index is 524. The van der Waals surface area contributed by atoms with Crippen LogP contribution in [-0.4, -0.2) is 14.1 Å². The summed E-state index contributed by atoms with van der Waals surface area (Å²) in [6, 6.07) is 1.72.